The predicted octanol–water partition coefficient (Wildman–Crippen LogP) is 1.86. The van der Waals surface area contributed by atoms with Crippen molar-refractivity contribution in [2.45, 2.75) is 45.2 Å². The molecule has 0 radical (unpaired) electrons. The lowest BCUT2D eigenvalue weighted by molar-refractivity contribution is -0.123. The Morgan fingerprint density at radius 3 is 2.47 bits per heavy atom. The van der Waals surface area contributed by atoms with Gasteiger partial charge in [0.15, 0.2) is 0 Å². The normalized spacial score (nSPS) is 13.2. The third-order valence-corrected chi connectivity index (χ3v) is 2.76. The van der Waals surface area contributed by atoms with Crippen molar-refractivity contribution >= 4 is 5.91 Å². The summed E-state index contributed by atoms with van der Waals surface area (Å²) in [6, 6.07) is 9.82. The van der Waals surface area contributed by atoms with E-state index in [9.17, 15) is 4.79 Å². The summed E-state index contributed by atoms with van der Waals surface area (Å²) in [5.41, 5.74) is 6.60. The summed E-state index contributed by atoms with van der Waals surface area (Å²) >= 11 is 0. The van der Waals surface area contributed by atoms with Crippen LogP contribution in [0.5, 0.6) is 0 Å². The van der Waals surface area contributed by atoms with Gasteiger partial charge in [-0.1, -0.05) is 30.3 Å². The van der Waals surface area contributed by atoms with Crippen LogP contribution >= 0.6 is 0 Å². The molecule has 3 heteroatoms. The second kappa shape index (κ2) is 5.82. The van der Waals surface area contributed by atoms with E-state index in [0.29, 0.717) is 0 Å². The van der Waals surface area contributed by atoms with E-state index in [1.54, 1.807) is 6.92 Å². The molecule has 1 amide bonds. The molecule has 0 bridgehead atoms. The number of benzene rings is 1. The molecule has 0 aromatic heterocycles. The lowest BCUT2D eigenvalue weighted by Gasteiger charge is -2.27. The summed E-state index contributed by atoms with van der Waals surface area (Å²) in [6.07, 6.45) is 1.85. The molecule has 3 N–H and O–H groups in total. The third-order valence-electron chi connectivity index (χ3n) is 2.76. The number of hydrogen-bond acceptors (Lipinski definition) is 2. The Morgan fingerprint density at radius 2 is 1.94 bits per heavy atom. The van der Waals surface area contributed by atoms with Crippen LogP contribution in [0, 0.1) is 0 Å². The van der Waals surface area contributed by atoms with Crippen molar-refractivity contribution in [1.82, 2.24) is 5.32 Å². The quantitative estimate of drug-likeness (QED) is 0.817. The highest BCUT2D eigenvalue weighted by Crippen LogP contribution is 2.13. The van der Waals surface area contributed by atoms with Crippen LogP contribution < -0.4 is 11.1 Å². The summed E-state index contributed by atoms with van der Waals surface area (Å²) in [4.78, 5) is 11.5. The van der Waals surface area contributed by atoms with E-state index < -0.39 is 6.04 Å². The summed E-state index contributed by atoms with van der Waals surface area (Å²) in [5.74, 6) is -0.0944. The second-order valence-electron chi connectivity index (χ2n) is 5.15. The van der Waals surface area contributed by atoms with Crippen LogP contribution in [0.3, 0.4) is 0 Å². The van der Waals surface area contributed by atoms with Gasteiger partial charge in [-0.25, -0.2) is 0 Å². The van der Waals surface area contributed by atoms with Gasteiger partial charge < -0.3 is 11.1 Å². The van der Waals surface area contributed by atoms with E-state index in [-0.39, 0.29) is 11.4 Å². The Labute approximate surface area is 103 Å². The number of hydrogen-bond donors (Lipinski definition) is 2. The number of carbonyl (C=O) groups excluding carboxylic acids is 1. The Kier molecular flexibility index (Phi) is 4.70. The van der Waals surface area contributed by atoms with Gasteiger partial charge in [0, 0.05) is 5.54 Å². The van der Waals surface area contributed by atoms with E-state index >= 15 is 0 Å². The molecule has 94 valence electrons. The highest BCUT2D eigenvalue weighted by atomic mass is 16.2. The second-order valence-corrected chi connectivity index (χ2v) is 5.15. The molecule has 0 spiro atoms. The number of nitrogens with one attached hydrogen (secondary N) is 1. The summed E-state index contributed by atoms with van der Waals surface area (Å²) in [7, 11) is 0. The first kappa shape index (κ1) is 13.7. The van der Waals surface area contributed by atoms with Gasteiger partial charge in [-0.15, -0.1) is 0 Å². The Hall–Kier alpha value is -1.35. The van der Waals surface area contributed by atoms with Crippen molar-refractivity contribution in [2.75, 3.05) is 0 Å². The molecule has 1 aromatic carbocycles. The minimum absolute atomic E-state index is 0.0944. The number of rotatable bonds is 5. The van der Waals surface area contributed by atoms with E-state index in [0.717, 1.165) is 12.8 Å². The topological polar surface area (TPSA) is 55.1 Å². The average Bonchev–Trinajstić information content (AvgIpc) is 2.27. The molecule has 1 unspecified atom stereocenters. The number of carbonyl (C=O) groups is 1. The monoisotopic (exact) mass is 234 g/mol. The SMILES string of the molecule is CC(N)C(=O)NC(C)(C)CCc1ccccc1. The maximum atomic E-state index is 11.5. The van der Waals surface area contributed by atoms with E-state index in [1.165, 1.54) is 5.56 Å². The predicted molar refractivity (Wildman–Crippen MR) is 70.6 cm³/mol. The Bertz CT molecular complexity index is 358. The van der Waals surface area contributed by atoms with Crippen LogP contribution in [0.15, 0.2) is 30.3 Å². The minimum Gasteiger partial charge on any atom is -0.350 e. The molecule has 1 atom stereocenters. The summed E-state index contributed by atoms with van der Waals surface area (Å²) in [6.45, 7) is 5.75. The standard InChI is InChI=1S/C14H22N2O/c1-11(15)13(17)16-14(2,3)10-9-12-7-5-4-6-8-12/h4-8,11H,9-10,15H2,1-3H3,(H,16,17). The first-order valence-corrected chi connectivity index (χ1v) is 6.02. The highest BCUT2D eigenvalue weighted by Gasteiger charge is 2.21. The van der Waals surface area contributed by atoms with Crippen LogP contribution in [0.25, 0.3) is 0 Å². The summed E-state index contributed by atoms with van der Waals surface area (Å²) in [5, 5.41) is 2.96. The molecule has 3 nitrogen and oxygen atoms in total. The lowest BCUT2D eigenvalue weighted by Crippen LogP contribution is -2.49. The number of nitrogens with two attached hydrogens (primary N) is 1. The van der Waals surface area contributed by atoms with Gasteiger partial charge >= 0.3 is 0 Å². The lowest BCUT2D eigenvalue weighted by atomic mass is 9.95. The Balaban J connectivity index is 2.47. The van der Waals surface area contributed by atoms with Crippen LogP contribution in [-0.2, 0) is 11.2 Å². The first-order valence-electron chi connectivity index (χ1n) is 6.02. The Morgan fingerprint density at radius 1 is 1.35 bits per heavy atom. The van der Waals surface area contributed by atoms with E-state index in [2.05, 4.69) is 17.4 Å². The maximum Gasteiger partial charge on any atom is 0.237 e. The molecule has 1 rings (SSSR count). The zero-order chi connectivity index (χ0) is 12.9. The van der Waals surface area contributed by atoms with Crippen molar-refractivity contribution in [3.8, 4) is 0 Å². The molecule has 0 saturated carbocycles. The molecule has 0 aliphatic heterocycles. The summed E-state index contributed by atoms with van der Waals surface area (Å²) < 4.78 is 0. The van der Waals surface area contributed by atoms with Crippen LogP contribution in [0.2, 0.25) is 0 Å². The number of aryl methyl sites for hydroxylation is 1. The fourth-order valence-corrected chi connectivity index (χ4v) is 1.61. The van der Waals surface area contributed by atoms with Crippen molar-refractivity contribution in [2.24, 2.45) is 5.73 Å². The van der Waals surface area contributed by atoms with Gasteiger partial charge in [-0.3, -0.25) is 4.79 Å². The molecule has 0 heterocycles. The number of amides is 1. The first-order chi connectivity index (χ1) is 7.91. The fraction of sp³-hybridized carbons (Fsp3) is 0.500. The van der Waals surface area contributed by atoms with E-state index in [4.69, 9.17) is 5.73 Å². The van der Waals surface area contributed by atoms with Gasteiger partial charge in [0.25, 0.3) is 0 Å². The molecule has 17 heavy (non-hydrogen) atoms. The molecule has 0 saturated heterocycles. The van der Waals surface area contributed by atoms with Gasteiger partial charge in [-0.2, -0.15) is 0 Å². The largest absolute Gasteiger partial charge is 0.350 e. The molecule has 0 fully saturated rings. The third kappa shape index (κ3) is 5.00. The zero-order valence-corrected chi connectivity index (χ0v) is 10.9. The van der Waals surface area contributed by atoms with Gasteiger partial charge in [0.2, 0.25) is 5.91 Å². The van der Waals surface area contributed by atoms with Crippen LogP contribution in [0.1, 0.15) is 32.8 Å². The molecular formula is C14H22N2O. The molecule has 1 aromatic rings. The average molecular weight is 234 g/mol. The van der Waals surface area contributed by atoms with Crippen LogP contribution in [0.4, 0.5) is 0 Å². The van der Waals surface area contributed by atoms with Gasteiger partial charge in [0.1, 0.15) is 0 Å². The van der Waals surface area contributed by atoms with Gasteiger partial charge in [0.05, 0.1) is 6.04 Å². The highest BCUT2D eigenvalue weighted by molar-refractivity contribution is 5.81. The van der Waals surface area contributed by atoms with Gasteiger partial charge in [-0.05, 0) is 39.2 Å². The van der Waals surface area contributed by atoms with Crippen molar-refractivity contribution in [1.29, 1.82) is 0 Å². The smallest absolute Gasteiger partial charge is 0.237 e. The fourth-order valence-electron chi connectivity index (χ4n) is 1.61. The van der Waals surface area contributed by atoms with Crippen molar-refractivity contribution in [3.05, 3.63) is 35.9 Å². The molecule has 0 aliphatic carbocycles. The van der Waals surface area contributed by atoms with Crippen molar-refractivity contribution in [3.63, 3.8) is 0 Å². The zero-order valence-electron chi connectivity index (χ0n) is 10.9. The molecular weight excluding hydrogens is 212 g/mol. The maximum absolute atomic E-state index is 11.5. The molecule has 0 aliphatic rings. The van der Waals surface area contributed by atoms with Crippen molar-refractivity contribution < 1.29 is 4.79 Å². The van der Waals surface area contributed by atoms with E-state index in [1.807, 2.05) is 32.0 Å². The minimum atomic E-state index is -0.453. The van der Waals surface area contributed by atoms with Crippen LogP contribution in [-0.4, -0.2) is 17.5 Å².